The van der Waals surface area contributed by atoms with Crippen molar-refractivity contribution < 1.29 is 9.90 Å². The van der Waals surface area contributed by atoms with Gasteiger partial charge in [0.1, 0.15) is 5.75 Å². The Labute approximate surface area is 164 Å². The minimum atomic E-state index is -0.150. The number of hydrogen-bond acceptors (Lipinski definition) is 3. The van der Waals surface area contributed by atoms with Gasteiger partial charge in [0.2, 0.25) is 5.91 Å². The van der Waals surface area contributed by atoms with Crippen LogP contribution in [0.5, 0.6) is 5.75 Å². The van der Waals surface area contributed by atoms with Gasteiger partial charge in [-0.05, 0) is 46.5 Å². The highest BCUT2D eigenvalue weighted by atomic mass is 32.1. The Morgan fingerprint density at radius 2 is 1.70 bits per heavy atom. The monoisotopic (exact) mass is 379 g/mol. The second kappa shape index (κ2) is 8.87. The molecule has 0 fully saturated rings. The fraction of sp³-hybridized carbons (Fsp3) is 0.261. The van der Waals surface area contributed by atoms with E-state index >= 15 is 0 Å². The normalized spacial score (nSPS) is 12.1. The average molecular weight is 380 g/mol. The first kappa shape index (κ1) is 19.2. The first-order chi connectivity index (χ1) is 13.0. The Hall–Kier alpha value is -2.59. The first-order valence-electron chi connectivity index (χ1n) is 9.24. The Morgan fingerprint density at radius 3 is 2.33 bits per heavy atom. The van der Waals surface area contributed by atoms with Gasteiger partial charge >= 0.3 is 0 Å². The van der Waals surface area contributed by atoms with Gasteiger partial charge in [0.25, 0.3) is 0 Å². The van der Waals surface area contributed by atoms with Crippen LogP contribution in [-0.4, -0.2) is 11.0 Å². The summed E-state index contributed by atoms with van der Waals surface area (Å²) in [6, 6.07) is 19.5. The number of aromatic hydroxyl groups is 1. The molecule has 2 N–H and O–H groups in total. The van der Waals surface area contributed by atoms with Gasteiger partial charge in [-0.2, -0.15) is 0 Å². The number of phenols is 1. The number of aryl methyl sites for hydroxylation is 1. The van der Waals surface area contributed by atoms with Gasteiger partial charge in [-0.1, -0.05) is 62.4 Å². The summed E-state index contributed by atoms with van der Waals surface area (Å²) >= 11 is 1.64. The molecule has 0 radical (unpaired) electrons. The summed E-state index contributed by atoms with van der Waals surface area (Å²) in [5, 5.41) is 15.1. The standard InChI is InChI=1S/C23H25NO2S/c1-16(2)17-9-11-19(12-10-17)23(21-8-5-15-27-21)24-22(26)14-13-18-6-3-4-7-20(18)25/h3-12,15-16,23,25H,13-14H2,1-2H3,(H,24,26). The second-order valence-corrected chi connectivity index (χ2v) is 7.95. The molecule has 27 heavy (non-hydrogen) atoms. The zero-order valence-electron chi connectivity index (χ0n) is 15.7. The molecule has 0 spiro atoms. The van der Waals surface area contributed by atoms with Crippen LogP contribution in [0, 0.1) is 0 Å². The number of thiophene rings is 1. The molecule has 0 aliphatic rings. The van der Waals surface area contributed by atoms with Crippen LogP contribution in [0.1, 0.15) is 53.8 Å². The van der Waals surface area contributed by atoms with E-state index in [0.717, 1.165) is 16.0 Å². The number of amides is 1. The summed E-state index contributed by atoms with van der Waals surface area (Å²) in [4.78, 5) is 13.7. The molecular formula is C23H25NO2S. The molecule has 0 saturated heterocycles. The number of carbonyl (C=O) groups excluding carboxylic acids is 1. The minimum Gasteiger partial charge on any atom is -0.508 e. The number of carbonyl (C=O) groups is 1. The predicted octanol–water partition coefficient (Wildman–Crippen LogP) is 5.42. The van der Waals surface area contributed by atoms with Crippen LogP contribution in [0.15, 0.2) is 66.0 Å². The third kappa shape index (κ3) is 4.98. The molecule has 4 heteroatoms. The fourth-order valence-corrected chi connectivity index (χ4v) is 3.85. The molecule has 1 unspecified atom stereocenters. The Balaban J connectivity index is 1.72. The maximum Gasteiger partial charge on any atom is 0.221 e. The van der Waals surface area contributed by atoms with Crippen molar-refractivity contribution in [3.8, 4) is 5.75 Å². The fourth-order valence-electron chi connectivity index (χ4n) is 3.05. The zero-order chi connectivity index (χ0) is 19.2. The van der Waals surface area contributed by atoms with E-state index in [0.29, 0.717) is 18.8 Å². The predicted molar refractivity (Wildman–Crippen MR) is 111 cm³/mol. The van der Waals surface area contributed by atoms with Crippen molar-refractivity contribution in [1.82, 2.24) is 5.32 Å². The number of benzene rings is 2. The molecule has 1 heterocycles. The van der Waals surface area contributed by atoms with Crippen LogP contribution in [0.4, 0.5) is 0 Å². The molecule has 2 aromatic carbocycles. The molecular weight excluding hydrogens is 354 g/mol. The molecule has 3 rings (SSSR count). The van der Waals surface area contributed by atoms with E-state index in [-0.39, 0.29) is 17.7 Å². The third-order valence-corrected chi connectivity index (χ3v) is 5.62. The summed E-state index contributed by atoms with van der Waals surface area (Å²) in [6.07, 6.45) is 0.853. The van der Waals surface area contributed by atoms with Crippen LogP contribution in [-0.2, 0) is 11.2 Å². The first-order valence-corrected chi connectivity index (χ1v) is 10.1. The van der Waals surface area contributed by atoms with E-state index < -0.39 is 0 Å². The van der Waals surface area contributed by atoms with E-state index in [9.17, 15) is 9.90 Å². The Bertz CT molecular complexity index is 870. The van der Waals surface area contributed by atoms with Crippen LogP contribution in [0.2, 0.25) is 0 Å². The van der Waals surface area contributed by atoms with Crippen molar-refractivity contribution in [2.45, 2.75) is 38.6 Å². The van der Waals surface area contributed by atoms with Gasteiger partial charge in [-0.25, -0.2) is 0 Å². The van der Waals surface area contributed by atoms with Crippen LogP contribution >= 0.6 is 11.3 Å². The molecule has 1 aromatic heterocycles. The number of phenolic OH excluding ortho intramolecular Hbond substituents is 1. The van der Waals surface area contributed by atoms with E-state index in [1.807, 2.05) is 23.6 Å². The van der Waals surface area contributed by atoms with Crippen molar-refractivity contribution in [1.29, 1.82) is 0 Å². The van der Waals surface area contributed by atoms with Crippen LogP contribution in [0.3, 0.4) is 0 Å². The molecule has 0 bridgehead atoms. The van der Waals surface area contributed by atoms with Crippen molar-refractivity contribution in [2.75, 3.05) is 0 Å². The van der Waals surface area contributed by atoms with Crippen LogP contribution < -0.4 is 5.32 Å². The molecule has 0 aliphatic heterocycles. The highest BCUT2D eigenvalue weighted by molar-refractivity contribution is 7.10. The summed E-state index contributed by atoms with van der Waals surface area (Å²) in [5.41, 5.74) is 3.16. The molecule has 3 aromatic rings. The van der Waals surface area contributed by atoms with E-state index in [2.05, 4.69) is 49.5 Å². The zero-order valence-corrected chi connectivity index (χ0v) is 16.5. The lowest BCUT2D eigenvalue weighted by Gasteiger charge is -2.19. The largest absolute Gasteiger partial charge is 0.508 e. The topological polar surface area (TPSA) is 49.3 Å². The summed E-state index contributed by atoms with van der Waals surface area (Å²) in [7, 11) is 0. The molecule has 1 atom stereocenters. The summed E-state index contributed by atoms with van der Waals surface area (Å²) < 4.78 is 0. The van der Waals surface area contributed by atoms with Gasteiger partial charge < -0.3 is 10.4 Å². The van der Waals surface area contributed by atoms with E-state index in [1.165, 1.54) is 5.56 Å². The molecule has 1 amide bonds. The molecule has 3 nitrogen and oxygen atoms in total. The van der Waals surface area contributed by atoms with Crippen molar-refractivity contribution in [2.24, 2.45) is 0 Å². The Kier molecular flexibility index (Phi) is 6.30. The third-order valence-electron chi connectivity index (χ3n) is 4.68. The summed E-state index contributed by atoms with van der Waals surface area (Å²) in [5.74, 6) is 0.696. The second-order valence-electron chi connectivity index (χ2n) is 6.97. The van der Waals surface area contributed by atoms with Gasteiger partial charge in [-0.3, -0.25) is 4.79 Å². The highest BCUT2D eigenvalue weighted by Crippen LogP contribution is 2.28. The lowest BCUT2D eigenvalue weighted by molar-refractivity contribution is -0.121. The number of hydrogen-bond donors (Lipinski definition) is 2. The van der Waals surface area contributed by atoms with Crippen molar-refractivity contribution >= 4 is 17.2 Å². The maximum atomic E-state index is 12.6. The smallest absolute Gasteiger partial charge is 0.221 e. The molecule has 140 valence electrons. The number of rotatable bonds is 7. The van der Waals surface area contributed by atoms with Gasteiger partial charge in [-0.15, -0.1) is 11.3 Å². The average Bonchev–Trinajstić information content (AvgIpc) is 3.20. The van der Waals surface area contributed by atoms with Gasteiger partial charge in [0, 0.05) is 11.3 Å². The van der Waals surface area contributed by atoms with Crippen molar-refractivity contribution in [3.63, 3.8) is 0 Å². The molecule has 0 aliphatic carbocycles. The van der Waals surface area contributed by atoms with Crippen molar-refractivity contribution in [3.05, 3.63) is 87.6 Å². The SMILES string of the molecule is CC(C)c1ccc(C(NC(=O)CCc2ccccc2O)c2cccs2)cc1. The number of para-hydroxylation sites is 1. The van der Waals surface area contributed by atoms with Gasteiger partial charge in [0.05, 0.1) is 6.04 Å². The highest BCUT2D eigenvalue weighted by Gasteiger charge is 2.18. The van der Waals surface area contributed by atoms with Gasteiger partial charge in [0.15, 0.2) is 0 Å². The molecule has 0 saturated carbocycles. The van der Waals surface area contributed by atoms with Crippen LogP contribution in [0.25, 0.3) is 0 Å². The van der Waals surface area contributed by atoms with E-state index in [4.69, 9.17) is 0 Å². The maximum absolute atomic E-state index is 12.6. The van der Waals surface area contributed by atoms with E-state index in [1.54, 1.807) is 23.5 Å². The Morgan fingerprint density at radius 1 is 1.00 bits per heavy atom. The minimum absolute atomic E-state index is 0.0235. The lowest BCUT2D eigenvalue weighted by atomic mass is 9.98. The quantitative estimate of drug-likeness (QED) is 0.576. The number of nitrogens with one attached hydrogen (secondary N) is 1. The lowest BCUT2D eigenvalue weighted by Crippen LogP contribution is -2.29. The summed E-state index contributed by atoms with van der Waals surface area (Å²) in [6.45, 7) is 4.35.